The summed E-state index contributed by atoms with van der Waals surface area (Å²) in [5.41, 5.74) is 2.35. The number of carbonyl (C=O) groups is 3. The molecule has 0 bridgehead atoms. The van der Waals surface area contributed by atoms with Crippen LogP contribution in [0.1, 0.15) is 38.3 Å². The number of hydrogen-bond acceptors (Lipinski definition) is 4. The second-order valence-electron chi connectivity index (χ2n) is 7.30. The van der Waals surface area contributed by atoms with Gasteiger partial charge >= 0.3 is 6.09 Å². The van der Waals surface area contributed by atoms with E-state index in [1.54, 1.807) is 4.90 Å². The zero-order valence-electron chi connectivity index (χ0n) is 14.3. The van der Waals surface area contributed by atoms with E-state index in [1.165, 1.54) is 4.90 Å². The molecule has 1 aromatic carbocycles. The normalized spacial score (nSPS) is 18.0. The van der Waals surface area contributed by atoms with Crippen LogP contribution in [0, 0.1) is 0 Å². The lowest BCUT2D eigenvalue weighted by molar-refractivity contribution is -0.121. The summed E-state index contributed by atoms with van der Waals surface area (Å²) in [7, 11) is 0. The van der Waals surface area contributed by atoms with Crippen molar-refractivity contribution in [2.24, 2.45) is 0 Å². The molecule has 0 aromatic heterocycles. The highest BCUT2D eigenvalue weighted by Gasteiger charge is 2.30. The molecule has 1 saturated heterocycles. The summed E-state index contributed by atoms with van der Waals surface area (Å²) in [5, 5.41) is 0. The second kappa shape index (κ2) is 5.92. The molecule has 6 heteroatoms. The topological polar surface area (TPSA) is 66.9 Å². The number of carbonyl (C=O) groups excluding carboxylic acids is 3. The molecule has 1 aromatic rings. The highest BCUT2D eigenvalue weighted by molar-refractivity contribution is 6.15. The van der Waals surface area contributed by atoms with Gasteiger partial charge in [0.15, 0.2) is 5.78 Å². The molecule has 0 N–H and O–H groups in total. The van der Waals surface area contributed by atoms with Gasteiger partial charge in [-0.1, -0.05) is 6.07 Å². The Kier molecular flexibility index (Phi) is 4.07. The lowest BCUT2D eigenvalue weighted by Gasteiger charge is -2.31. The van der Waals surface area contributed by atoms with Crippen molar-refractivity contribution in [3.05, 3.63) is 29.3 Å². The predicted octanol–water partition coefficient (Wildman–Crippen LogP) is 2.29. The van der Waals surface area contributed by atoms with Crippen LogP contribution < -0.4 is 4.90 Å². The maximum absolute atomic E-state index is 12.3. The number of anilines is 1. The van der Waals surface area contributed by atoms with Gasteiger partial charge in [0, 0.05) is 18.8 Å². The molecule has 24 heavy (non-hydrogen) atoms. The van der Waals surface area contributed by atoms with Crippen LogP contribution >= 0.6 is 0 Å². The van der Waals surface area contributed by atoms with Gasteiger partial charge in [0.2, 0.25) is 5.91 Å². The molecule has 2 aliphatic rings. The number of benzene rings is 1. The molecule has 0 aliphatic carbocycles. The molecule has 0 unspecified atom stereocenters. The van der Waals surface area contributed by atoms with E-state index in [2.05, 4.69) is 0 Å². The largest absolute Gasteiger partial charge is 0.444 e. The first kappa shape index (κ1) is 16.5. The first-order chi connectivity index (χ1) is 11.2. The highest BCUT2D eigenvalue weighted by Crippen LogP contribution is 2.27. The number of hydrogen-bond donors (Lipinski definition) is 0. The van der Waals surface area contributed by atoms with Gasteiger partial charge in [-0.25, -0.2) is 4.79 Å². The van der Waals surface area contributed by atoms with Crippen molar-refractivity contribution in [3.63, 3.8) is 0 Å². The lowest BCUT2D eigenvalue weighted by Crippen LogP contribution is -2.40. The van der Waals surface area contributed by atoms with Crippen LogP contribution in [-0.4, -0.2) is 41.4 Å². The van der Waals surface area contributed by atoms with E-state index in [-0.39, 0.29) is 30.7 Å². The van der Waals surface area contributed by atoms with E-state index in [1.807, 2.05) is 39.0 Å². The average Bonchev–Trinajstić information content (AvgIpc) is 2.83. The SMILES string of the molecule is CC(C)(C)OC(=O)N1CCc2ccc(N3CC(=O)CC3=O)cc2C1. The fourth-order valence-corrected chi connectivity index (χ4v) is 3.01. The van der Waals surface area contributed by atoms with Crippen LogP contribution in [0.2, 0.25) is 0 Å². The smallest absolute Gasteiger partial charge is 0.410 e. The van der Waals surface area contributed by atoms with Crippen molar-refractivity contribution < 1.29 is 19.1 Å². The molecule has 6 nitrogen and oxygen atoms in total. The van der Waals surface area contributed by atoms with Crippen LogP contribution in [0.4, 0.5) is 10.5 Å². The van der Waals surface area contributed by atoms with Gasteiger partial charge < -0.3 is 14.5 Å². The van der Waals surface area contributed by atoms with Gasteiger partial charge in [0.1, 0.15) is 5.60 Å². The molecule has 2 amide bonds. The van der Waals surface area contributed by atoms with Gasteiger partial charge in [-0.05, 0) is 50.5 Å². The fraction of sp³-hybridized carbons (Fsp3) is 0.500. The quantitative estimate of drug-likeness (QED) is 0.741. The summed E-state index contributed by atoms with van der Waals surface area (Å²) in [6, 6.07) is 5.76. The Bertz CT molecular complexity index is 705. The minimum Gasteiger partial charge on any atom is -0.444 e. The maximum Gasteiger partial charge on any atom is 0.410 e. The van der Waals surface area contributed by atoms with Gasteiger partial charge in [-0.3, -0.25) is 9.59 Å². The van der Waals surface area contributed by atoms with Crippen LogP contribution in [0.5, 0.6) is 0 Å². The molecule has 2 aliphatic heterocycles. The number of nitrogens with zero attached hydrogens (tertiary/aromatic N) is 2. The van der Waals surface area contributed by atoms with E-state index in [0.29, 0.717) is 13.1 Å². The Hall–Kier alpha value is -2.37. The number of rotatable bonds is 1. The summed E-state index contributed by atoms with van der Waals surface area (Å²) in [4.78, 5) is 38.8. The number of Topliss-reactive ketones (excluding diaryl/α,β-unsaturated/α-hetero) is 1. The Balaban J connectivity index is 1.78. The van der Waals surface area contributed by atoms with Gasteiger partial charge in [0.25, 0.3) is 0 Å². The third-order valence-electron chi connectivity index (χ3n) is 4.15. The summed E-state index contributed by atoms with van der Waals surface area (Å²) in [6.45, 7) is 6.73. The highest BCUT2D eigenvalue weighted by atomic mass is 16.6. The zero-order chi connectivity index (χ0) is 17.5. The van der Waals surface area contributed by atoms with E-state index in [0.717, 1.165) is 23.2 Å². The summed E-state index contributed by atoms with van der Waals surface area (Å²) in [6.07, 6.45) is 0.397. The van der Waals surface area contributed by atoms with Crippen molar-refractivity contribution in [1.82, 2.24) is 4.90 Å². The molecule has 0 radical (unpaired) electrons. The number of fused-ring (bicyclic) bond motifs is 1. The minimum absolute atomic E-state index is 0.0267. The van der Waals surface area contributed by atoms with E-state index >= 15 is 0 Å². The lowest BCUT2D eigenvalue weighted by atomic mass is 9.99. The van der Waals surface area contributed by atoms with Crippen LogP contribution in [0.15, 0.2) is 18.2 Å². The third kappa shape index (κ3) is 3.42. The Labute approximate surface area is 141 Å². The molecule has 0 saturated carbocycles. The van der Waals surface area contributed by atoms with Crippen molar-refractivity contribution >= 4 is 23.5 Å². The van der Waals surface area contributed by atoms with E-state index < -0.39 is 5.60 Å². The van der Waals surface area contributed by atoms with Crippen LogP contribution in [0.25, 0.3) is 0 Å². The number of ether oxygens (including phenoxy) is 1. The zero-order valence-corrected chi connectivity index (χ0v) is 14.3. The van der Waals surface area contributed by atoms with Crippen molar-refractivity contribution in [3.8, 4) is 0 Å². The first-order valence-electron chi connectivity index (χ1n) is 8.15. The Morgan fingerprint density at radius 3 is 2.50 bits per heavy atom. The van der Waals surface area contributed by atoms with Crippen molar-refractivity contribution in [2.75, 3.05) is 18.0 Å². The minimum atomic E-state index is -0.526. The summed E-state index contributed by atoms with van der Waals surface area (Å²) in [5.74, 6) is -0.229. The van der Waals surface area contributed by atoms with Gasteiger partial charge in [0.05, 0.1) is 13.0 Å². The molecule has 0 atom stereocenters. The number of ketones is 1. The monoisotopic (exact) mass is 330 g/mol. The fourth-order valence-electron chi connectivity index (χ4n) is 3.01. The third-order valence-corrected chi connectivity index (χ3v) is 4.15. The average molecular weight is 330 g/mol. The Morgan fingerprint density at radius 2 is 1.88 bits per heavy atom. The van der Waals surface area contributed by atoms with Crippen molar-refractivity contribution in [2.45, 2.75) is 45.8 Å². The second-order valence-corrected chi connectivity index (χ2v) is 7.30. The van der Waals surface area contributed by atoms with E-state index in [4.69, 9.17) is 4.74 Å². The molecular weight excluding hydrogens is 308 g/mol. The molecule has 1 fully saturated rings. The molecule has 128 valence electrons. The molecular formula is C18H22N2O4. The van der Waals surface area contributed by atoms with E-state index in [9.17, 15) is 14.4 Å². The number of amides is 2. The van der Waals surface area contributed by atoms with Crippen LogP contribution in [-0.2, 0) is 27.3 Å². The molecule has 2 heterocycles. The molecule has 0 spiro atoms. The predicted molar refractivity (Wildman–Crippen MR) is 88.8 cm³/mol. The van der Waals surface area contributed by atoms with Crippen molar-refractivity contribution in [1.29, 1.82) is 0 Å². The maximum atomic E-state index is 12.3. The van der Waals surface area contributed by atoms with Gasteiger partial charge in [-0.15, -0.1) is 0 Å². The Morgan fingerprint density at radius 1 is 1.12 bits per heavy atom. The summed E-state index contributed by atoms with van der Waals surface area (Å²) < 4.78 is 5.43. The van der Waals surface area contributed by atoms with Gasteiger partial charge in [-0.2, -0.15) is 0 Å². The standard InChI is InChI=1S/C18H22N2O4/c1-18(2,3)24-17(23)19-7-6-12-4-5-14(8-13(12)10-19)20-11-15(21)9-16(20)22/h4-5,8H,6-7,9-11H2,1-3H3. The first-order valence-corrected chi connectivity index (χ1v) is 8.15. The van der Waals surface area contributed by atoms with Crippen LogP contribution in [0.3, 0.4) is 0 Å². The summed E-state index contributed by atoms with van der Waals surface area (Å²) >= 11 is 0. The molecule has 3 rings (SSSR count).